The molecule has 0 bridgehead atoms. The standard InChI is InChI=1S/C19H18FN3OS2/c1-11(17(24)21-9-12-5-7-13(20)8-6-12)25-18-16-14-3-2-4-15(14)26-19(16)23-10-22-18/h5-8,10-11H,2-4,9H2,1H3,(H,21,24)/t11-/m0/s1. The number of rotatable bonds is 5. The molecule has 1 amide bonds. The van der Waals surface area contributed by atoms with E-state index >= 15 is 0 Å². The van der Waals surface area contributed by atoms with E-state index in [0.717, 1.165) is 33.6 Å². The van der Waals surface area contributed by atoms with Gasteiger partial charge in [0.1, 0.15) is 22.0 Å². The predicted octanol–water partition coefficient (Wildman–Crippen LogP) is 4.12. The van der Waals surface area contributed by atoms with Gasteiger partial charge in [0, 0.05) is 16.8 Å². The molecule has 0 saturated carbocycles. The average molecular weight is 388 g/mol. The highest BCUT2D eigenvalue weighted by Gasteiger charge is 2.23. The van der Waals surface area contributed by atoms with Crippen LogP contribution in [0, 0.1) is 5.82 Å². The van der Waals surface area contributed by atoms with Gasteiger partial charge >= 0.3 is 0 Å². The van der Waals surface area contributed by atoms with Crippen LogP contribution in [0.5, 0.6) is 0 Å². The molecule has 134 valence electrons. The molecular weight excluding hydrogens is 369 g/mol. The van der Waals surface area contributed by atoms with Gasteiger partial charge in [-0.2, -0.15) is 0 Å². The molecule has 0 fully saturated rings. The number of carbonyl (C=O) groups excluding carboxylic acids is 1. The van der Waals surface area contributed by atoms with Crippen LogP contribution in [0.3, 0.4) is 0 Å². The maximum absolute atomic E-state index is 12.9. The van der Waals surface area contributed by atoms with Crippen molar-refractivity contribution in [2.75, 3.05) is 0 Å². The Morgan fingerprint density at radius 3 is 2.92 bits per heavy atom. The van der Waals surface area contributed by atoms with Crippen molar-refractivity contribution in [2.24, 2.45) is 0 Å². The van der Waals surface area contributed by atoms with Crippen molar-refractivity contribution in [3.8, 4) is 0 Å². The van der Waals surface area contributed by atoms with E-state index in [0.29, 0.717) is 6.54 Å². The summed E-state index contributed by atoms with van der Waals surface area (Å²) in [5.74, 6) is -0.335. The summed E-state index contributed by atoms with van der Waals surface area (Å²) >= 11 is 3.22. The first-order valence-electron chi connectivity index (χ1n) is 8.56. The minimum atomic E-state index is -0.278. The number of benzene rings is 1. The summed E-state index contributed by atoms with van der Waals surface area (Å²) in [4.78, 5) is 23.7. The van der Waals surface area contributed by atoms with E-state index in [1.807, 2.05) is 6.92 Å². The van der Waals surface area contributed by atoms with Gasteiger partial charge in [0.25, 0.3) is 0 Å². The van der Waals surface area contributed by atoms with Crippen molar-refractivity contribution in [3.63, 3.8) is 0 Å². The van der Waals surface area contributed by atoms with E-state index in [4.69, 9.17) is 0 Å². The van der Waals surface area contributed by atoms with Crippen LogP contribution >= 0.6 is 23.1 Å². The summed E-state index contributed by atoms with van der Waals surface area (Å²) in [5, 5.41) is 4.66. The lowest BCUT2D eigenvalue weighted by atomic mass is 10.2. The zero-order chi connectivity index (χ0) is 18.1. The zero-order valence-electron chi connectivity index (χ0n) is 14.3. The van der Waals surface area contributed by atoms with E-state index in [9.17, 15) is 9.18 Å². The molecule has 0 aliphatic heterocycles. The second-order valence-corrected chi connectivity index (χ2v) is 8.73. The number of amides is 1. The molecule has 0 unspecified atom stereocenters. The molecule has 1 N–H and O–H groups in total. The lowest BCUT2D eigenvalue weighted by molar-refractivity contribution is -0.120. The van der Waals surface area contributed by atoms with Crippen molar-refractivity contribution in [1.29, 1.82) is 0 Å². The summed E-state index contributed by atoms with van der Waals surface area (Å²) < 4.78 is 12.9. The molecule has 26 heavy (non-hydrogen) atoms. The average Bonchev–Trinajstić information content (AvgIpc) is 3.22. The van der Waals surface area contributed by atoms with E-state index in [2.05, 4.69) is 15.3 Å². The summed E-state index contributed by atoms with van der Waals surface area (Å²) in [5.41, 5.74) is 2.24. The number of thioether (sulfide) groups is 1. The lowest BCUT2D eigenvalue weighted by Crippen LogP contribution is -2.30. The first-order valence-corrected chi connectivity index (χ1v) is 10.3. The van der Waals surface area contributed by atoms with Crippen molar-refractivity contribution in [1.82, 2.24) is 15.3 Å². The molecule has 1 aliphatic rings. The SMILES string of the molecule is C[C@H](Sc1ncnc2sc3c(c12)CCC3)C(=O)NCc1ccc(F)cc1. The molecule has 1 aromatic carbocycles. The molecule has 0 saturated heterocycles. The Balaban J connectivity index is 1.46. The molecule has 7 heteroatoms. The van der Waals surface area contributed by atoms with Gasteiger partial charge in [-0.25, -0.2) is 14.4 Å². The van der Waals surface area contributed by atoms with Gasteiger partial charge < -0.3 is 5.32 Å². The Morgan fingerprint density at radius 1 is 1.31 bits per heavy atom. The number of nitrogens with one attached hydrogen (secondary N) is 1. The van der Waals surface area contributed by atoms with Crippen LogP contribution < -0.4 is 5.32 Å². The highest BCUT2D eigenvalue weighted by atomic mass is 32.2. The zero-order valence-corrected chi connectivity index (χ0v) is 15.9. The second kappa shape index (κ2) is 7.32. The van der Waals surface area contributed by atoms with Gasteiger partial charge in [-0.3, -0.25) is 4.79 Å². The maximum atomic E-state index is 12.9. The fraction of sp³-hybridized carbons (Fsp3) is 0.316. The number of aryl methyl sites for hydroxylation is 2. The van der Waals surface area contributed by atoms with Gasteiger partial charge in [-0.15, -0.1) is 11.3 Å². The van der Waals surface area contributed by atoms with Gasteiger partial charge in [0.15, 0.2) is 0 Å². The van der Waals surface area contributed by atoms with Crippen molar-refractivity contribution in [3.05, 3.63) is 52.4 Å². The number of aromatic nitrogens is 2. The highest BCUT2D eigenvalue weighted by molar-refractivity contribution is 8.00. The predicted molar refractivity (Wildman–Crippen MR) is 103 cm³/mol. The molecule has 4 rings (SSSR count). The first kappa shape index (κ1) is 17.4. The van der Waals surface area contributed by atoms with Gasteiger partial charge in [-0.05, 0) is 49.4 Å². The second-order valence-electron chi connectivity index (χ2n) is 6.32. The van der Waals surface area contributed by atoms with Crippen molar-refractivity contribution >= 4 is 39.2 Å². The number of halogens is 1. The van der Waals surface area contributed by atoms with Crippen LogP contribution in [0.4, 0.5) is 4.39 Å². The van der Waals surface area contributed by atoms with Crippen LogP contribution in [-0.4, -0.2) is 21.1 Å². The topological polar surface area (TPSA) is 54.9 Å². The van der Waals surface area contributed by atoms with E-state index in [1.54, 1.807) is 29.8 Å². The summed E-state index contributed by atoms with van der Waals surface area (Å²) in [6, 6.07) is 6.15. The van der Waals surface area contributed by atoms with Crippen molar-refractivity contribution < 1.29 is 9.18 Å². The quantitative estimate of drug-likeness (QED) is 0.529. The smallest absolute Gasteiger partial charge is 0.233 e. The van der Waals surface area contributed by atoms with Crippen LogP contribution in [0.25, 0.3) is 10.2 Å². The Kier molecular flexibility index (Phi) is 4.91. The highest BCUT2D eigenvalue weighted by Crippen LogP contribution is 2.40. The molecular formula is C19H18FN3OS2. The third-order valence-electron chi connectivity index (χ3n) is 4.50. The monoisotopic (exact) mass is 387 g/mol. The summed E-state index contributed by atoms with van der Waals surface area (Å²) in [6.07, 6.45) is 4.96. The molecule has 2 aromatic heterocycles. The van der Waals surface area contributed by atoms with Gasteiger partial charge in [0.05, 0.1) is 5.25 Å². The van der Waals surface area contributed by atoms with Crippen LogP contribution in [0.1, 0.15) is 29.3 Å². The van der Waals surface area contributed by atoms with Crippen molar-refractivity contribution in [2.45, 2.75) is 43.0 Å². The van der Waals surface area contributed by atoms with E-state index < -0.39 is 0 Å². The van der Waals surface area contributed by atoms with Crippen LogP contribution in [0.2, 0.25) is 0 Å². The maximum Gasteiger partial charge on any atom is 0.233 e. The Bertz CT molecular complexity index is 955. The lowest BCUT2D eigenvalue weighted by Gasteiger charge is -2.12. The van der Waals surface area contributed by atoms with E-state index in [1.165, 1.54) is 40.8 Å². The van der Waals surface area contributed by atoms with Crippen LogP contribution in [-0.2, 0) is 24.2 Å². The fourth-order valence-electron chi connectivity index (χ4n) is 3.15. The largest absolute Gasteiger partial charge is 0.351 e. The third kappa shape index (κ3) is 3.46. The number of nitrogens with zero attached hydrogens (tertiary/aromatic N) is 2. The Morgan fingerprint density at radius 2 is 2.12 bits per heavy atom. The molecule has 1 atom stereocenters. The number of hydrogen-bond donors (Lipinski definition) is 1. The normalized spacial score (nSPS) is 14.4. The molecule has 3 aromatic rings. The molecule has 4 nitrogen and oxygen atoms in total. The Labute approximate surface area is 159 Å². The number of carbonyl (C=O) groups is 1. The van der Waals surface area contributed by atoms with Gasteiger partial charge in [-0.1, -0.05) is 23.9 Å². The molecule has 1 aliphatic carbocycles. The molecule has 0 spiro atoms. The Hall–Kier alpha value is -1.99. The van der Waals surface area contributed by atoms with E-state index in [-0.39, 0.29) is 17.0 Å². The molecule has 0 radical (unpaired) electrons. The minimum absolute atomic E-state index is 0.0574. The number of hydrogen-bond acceptors (Lipinski definition) is 5. The first-order chi connectivity index (χ1) is 12.6. The van der Waals surface area contributed by atoms with Gasteiger partial charge in [0.2, 0.25) is 5.91 Å². The summed E-state index contributed by atoms with van der Waals surface area (Å²) in [7, 11) is 0. The number of fused-ring (bicyclic) bond motifs is 3. The summed E-state index contributed by atoms with van der Waals surface area (Å²) in [6.45, 7) is 2.27. The van der Waals surface area contributed by atoms with Crippen LogP contribution in [0.15, 0.2) is 35.6 Å². The molecule has 2 heterocycles. The number of thiophene rings is 1. The third-order valence-corrected chi connectivity index (χ3v) is 6.80. The fourth-order valence-corrected chi connectivity index (χ4v) is 5.41. The minimum Gasteiger partial charge on any atom is -0.351 e.